The summed E-state index contributed by atoms with van der Waals surface area (Å²) < 4.78 is 13.6. The Balaban J connectivity index is 1.91. The molecule has 2 rings (SSSR count). The zero-order valence-electron chi connectivity index (χ0n) is 12.2. The van der Waals surface area contributed by atoms with Crippen molar-refractivity contribution in [3.05, 3.63) is 35.6 Å². The molecule has 20 heavy (non-hydrogen) atoms. The number of halogens is 1. The Labute approximate surface area is 120 Å². The van der Waals surface area contributed by atoms with Crippen LogP contribution in [0.4, 0.5) is 4.39 Å². The average molecular weight is 278 g/mol. The largest absolute Gasteiger partial charge is 0.342 e. The van der Waals surface area contributed by atoms with Crippen molar-refractivity contribution >= 4 is 5.91 Å². The average Bonchev–Trinajstić information content (AvgIpc) is 2.89. The molecular formula is C16H23FN2O. The highest BCUT2D eigenvalue weighted by atomic mass is 19.1. The second-order valence-electron chi connectivity index (χ2n) is 5.69. The Hall–Kier alpha value is -1.42. The third kappa shape index (κ3) is 3.57. The second-order valence-corrected chi connectivity index (χ2v) is 5.69. The molecule has 0 saturated carbocycles. The van der Waals surface area contributed by atoms with Crippen molar-refractivity contribution < 1.29 is 9.18 Å². The molecule has 4 heteroatoms. The van der Waals surface area contributed by atoms with Crippen molar-refractivity contribution in [1.82, 2.24) is 10.2 Å². The summed E-state index contributed by atoms with van der Waals surface area (Å²) in [5.41, 5.74) is 0.624. The van der Waals surface area contributed by atoms with E-state index in [1.54, 1.807) is 12.1 Å². The van der Waals surface area contributed by atoms with Crippen LogP contribution in [0.1, 0.15) is 18.9 Å². The van der Waals surface area contributed by atoms with E-state index in [-0.39, 0.29) is 17.6 Å². The Kier molecular flexibility index (Phi) is 5.12. The maximum atomic E-state index is 13.6. The summed E-state index contributed by atoms with van der Waals surface area (Å²) in [6.07, 6.45) is 1.53. The molecule has 0 aromatic heterocycles. The van der Waals surface area contributed by atoms with Crippen LogP contribution in [0.2, 0.25) is 0 Å². The van der Waals surface area contributed by atoms with Gasteiger partial charge in [-0.2, -0.15) is 0 Å². The van der Waals surface area contributed by atoms with Gasteiger partial charge in [0.25, 0.3) is 0 Å². The van der Waals surface area contributed by atoms with Crippen molar-refractivity contribution in [1.29, 1.82) is 0 Å². The van der Waals surface area contributed by atoms with Gasteiger partial charge in [0.1, 0.15) is 5.82 Å². The minimum absolute atomic E-state index is 0.145. The summed E-state index contributed by atoms with van der Waals surface area (Å²) in [4.78, 5) is 14.3. The molecule has 1 N–H and O–H groups in total. The fraction of sp³-hybridized carbons (Fsp3) is 0.562. The van der Waals surface area contributed by atoms with E-state index < -0.39 is 0 Å². The van der Waals surface area contributed by atoms with Crippen LogP contribution in [0.3, 0.4) is 0 Å². The van der Waals surface area contributed by atoms with Gasteiger partial charge in [0, 0.05) is 19.0 Å². The van der Waals surface area contributed by atoms with Crippen molar-refractivity contribution in [2.45, 2.75) is 19.8 Å². The van der Waals surface area contributed by atoms with Crippen molar-refractivity contribution in [3.8, 4) is 0 Å². The van der Waals surface area contributed by atoms with Crippen molar-refractivity contribution in [2.75, 3.05) is 26.7 Å². The van der Waals surface area contributed by atoms with Gasteiger partial charge in [-0.3, -0.25) is 4.79 Å². The normalized spacial score (nSPS) is 20.1. The summed E-state index contributed by atoms with van der Waals surface area (Å²) in [5.74, 6) is 0.304. The van der Waals surface area contributed by atoms with Crippen molar-refractivity contribution in [2.24, 2.45) is 11.8 Å². The van der Waals surface area contributed by atoms with Crippen LogP contribution in [0.25, 0.3) is 0 Å². The molecule has 0 spiro atoms. The Morgan fingerprint density at radius 2 is 2.25 bits per heavy atom. The summed E-state index contributed by atoms with van der Waals surface area (Å²) in [5, 5.41) is 3.16. The quantitative estimate of drug-likeness (QED) is 0.894. The molecule has 0 aliphatic carbocycles. The first-order valence-electron chi connectivity index (χ1n) is 7.28. The number of rotatable bonds is 5. The number of likely N-dealkylation sites (tertiary alicyclic amines) is 1. The molecule has 2 atom stereocenters. The smallest absolute Gasteiger partial charge is 0.225 e. The van der Waals surface area contributed by atoms with E-state index in [1.807, 2.05) is 24.9 Å². The van der Waals surface area contributed by atoms with Crippen LogP contribution in [0.5, 0.6) is 0 Å². The minimum atomic E-state index is -0.221. The van der Waals surface area contributed by atoms with Crippen LogP contribution < -0.4 is 5.32 Å². The fourth-order valence-electron chi connectivity index (χ4n) is 2.88. The molecule has 1 amide bonds. The van der Waals surface area contributed by atoms with E-state index in [0.29, 0.717) is 17.9 Å². The van der Waals surface area contributed by atoms with E-state index in [1.165, 1.54) is 6.07 Å². The summed E-state index contributed by atoms with van der Waals surface area (Å²) in [6, 6.07) is 6.70. The highest BCUT2D eigenvalue weighted by Gasteiger charge is 2.28. The number of nitrogens with zero attached hydrogens (tertiary/aromatic N) is 1. The molecule has 3 nitrogen and oxygen atoms in total. The van der Waals surface area contributed by atoms with Gasteiger partial charge >= 0.3 is 0 Å². The zero-order chi connectivity index (χ0) is 14.5. The van der Waals surface area contributed by atoms with Crippen LogP contribution in [-0.2, 0) is 11.2 Å². The van der Waals surface area contributed by atoms with Crippen LogP contribution >= 0.6 is 0 Å². The van der Waals surface area contributed by atoms with E-state index in [4.69, 9.17) is 0 Å². The first kappa shape index (κ1) is 15.0. The third-order valence-corrected chi connectivity index (χ3v) is 4.00. The second kappa shape index (κ2) is 6.84. The lowest BCUT2D eigenvalue weighted by molar-refractivity contribution is -0.134. The van der Waals surface area contributed by atoms with Gasteiger partial charge in [0.2, 0.25) is 5.91 Å². The molecule has 1 aliphatic rings. The zero-order valence-corrected chi connectivity index (χ0v) is 12.2. The molecule has 1 fully saturated rings. The Morgan fingerprint density at radius 1 is 1.50 bits per heavy atom. The van der Waals surface area contributed by atoms with Crippen LogP contribution in [0.15, 0.2) is 24.3 Å². The lowest BCUT2D eigenvalue weighted by Crippen LogP contribution is -2.35. The number of nitrogens with one attached hydrogen (secondary N) is 1. The van der Waals surface area contributed by atoms with Gasteiger partial charge < -0.3 is 10.2 Å². The van der Waals surface area contributed by atoms with E-state index >= 15 is 0 Å². The first-order chi connectivity index (χ1) is 9.61. The van der Waals surface area contributed by atoms with Gasteiger partial charge in [-0.15, -0.1) is 0 Å². The predicted octanol–water partition coefficient (Wildman–Crippen LogP) is 2.07. The number of carbonyl (C=O) groups is 1. The number of amides is 1. The molecule has 1 aromatic rings. The summed E-state index contributed by atoms with van der Waals surface area (Å²) in [7, 11) is 1.94. The maximum Gasteiger partial charge on any atom is 0.225 e. The molecule has 1 saturated heterocycles. The molecule has 0 bridgehead atoms. The van der Waals surface area contributed by atoms with Gasteiger partial charge in [-0.25, -0.2) is 4.39 Å². The molecule has 110 valence electrons. The molecule has 1 aromatic carbocycles. The summed E-state index contributed by atoms with van der Waals surface area (Å²) >= 11 is 0. The fourth-order valence-corrected chi connectivity index (χ4v) is 2.88. The van der Waals surface area contributed by atoms with E-state index in [9.17, 15) is 9.18 Å². The van der Waals surface area contributed by atoms with Crippen LogP contribution in [-0.4, -0.2) is 37.5 Å². The Morgan fingerprint density at radius 3 is 2.95 bits per heavy atom. The third-order valence-electron chi connectivity index (χ3n) is 4.00. The van der Waals surface area contributed by atoms with E-state index in [0.717, 1.165) is 26.1 Å². The Bertz CT molecular complexity index is 464. The molecule has 1 heterocycles. The number of carbonyl (C=O) groups excluding carboxylic acids is 1. The number of hydrogen-bond acceptors (Lipinski definition) is 2. The van der Waals surface area contributed by atoms with Crippen molar-refractivity contribution in [3.63, 3.8) is 0 Å². The number of hydrogen-bond donors (Lipinski definition) is 1. The molecule has 1 aliphatic heterocycles. The molecule has 0 radical (unpaired) electrons. The molecule has 0 unspecified atom stereocenters. The number of benzene rings is 1. The standard InChI is InChI=1S/C16H23FN2O/c1-12(9-14-5-3-4-6-15(14)17)16(20)19-8-7-13(11-19)10-18-2/h3-6,12-13,18H,7-11H2,1-2H3/t12-,13+/m1/s1. The van der Waals surface area contributed by atoms with Gasteiger partial charge in [-0.1, -0.05) is 25.1 Å². The lowest BCUT2D eigenvalue weighted by Gasteiger charge is -2.21. The summed E-state index contributed by atoms with van der Waals surface area (Å²) in [6.45, 7) is 4.49. The van der Waals surface area contributed by atoms with Crippen LogP contribution in [0, 0.1) is 17.7 Å². The topological polar surface area (TPSA) is 32.3 Å². The highest BCUT2D eigenvalue weighted by molar-refractivity contribution is 5.79. The minimum Gasteiger partial charge on any atom is -0.342 e. The molecular weight excluding hydrogens is 255 g/mol. The lowest BCUT2D eigenvalue weighted by atomic mass is 9.99. The first-order valence-corrected chi connectivity index (χ1v) is 7.28. The van der Waals surface area contributed by atoms with Gasteiger partial charge in [0.15, 0.2) is 0 Å². The maximum absolute atomic E-state index is 13.6. The SMILES string of the molecule is CNC[C@@H]1CCN(C(=O)[C@H](C)Cc2ccccc2F)C1. The van der Waals surface area contributed by atoms with Gasteiger partial charge in [0.05, 0.1) is 0 Å². The van der Waals surface area contributed by atoms with E-state index in [2.05, 4.69) is 5.32 Å². The monoisotopic (exact) mass is 278 g/mol. The van der Waals surface area contributed by atoms with Gasteiger partial charge in [-0.05, 0) is 44.0 Å². The predicted molar refractivity (Wildman–Crippen MR) is 77.9 cm³/mol. The highest BCUT2D eigenvalue weighted by Crippen LogP contribution is 2.20.